The van der Waals surface area contributed by atoms with Crippen LogP contribution in [0.5, 0.6) is 5.75 Å². The minimum Gasteiger partial charge on any atom is -0.467 e. The molecule has 2 heterocycles. The summed E-state index contributed by atoms with van der Waals surface area (Å²) in [6.45, 7) is 1.95. The number of aryl methyl sites for hydroxylation is 1. The van der Waals surface area contributed by atoms with E-state index in [1.165, 1.54) is 0 Å². The van der Waals surface area contributed by atoms with Crippen LogP contribution in [0.4, 0.5) is 5.69 Å². The summed E-state index contributed by atoms with van der Waals surface area (Å²) in [5, 5.41) is 6.11. The fraction of sp³-hybridized carbons (Fsp3) is 0.391. The van der Waals surface area contributed by atoms with Crippen molar-refractivity contribution in [2.24, 2.45) is 11.8 Å². The predicted octanol–water partition coefficient (Wildman–Crippen LogP) is 3.74. The summed E-state index contributed by atoms with van der Waals surface area (Å²) in [5.41, 5.74) is 2.03. The number of ether oxygens (including phenoxy) is 1. The highest BCUT2D eigenvalue weighted by molar-refractivity contribution is 6.08. The molecule has 2 aromatic rings. The normalized spacial score (nSPS) is 30.3. The molecular formula is C23H24N2O3. The van der Waals surface area contributed by atoms with Crippen LogP contribution < -0.4 is 15.4 Å². The van der Waals surface area contributed by atoms with Crippen LogP contribution in [0.15, 0.2) is 48.5 Å². The smallest absolute Gasteiger partial charge is 0.237 e. The van der Waals surface area contributed by atoms with Crippen LogP contribution in [-0.4, -0.2) is 17.5 Å². The first-order valence-corrected chi connectivity index (χ1v) is 10.1. The standard InChI is InChI=1S/C23H24N2O3/c1-14-8-2-4-11-17(14)24-21(26)20-19-15-9-3-5-12-18(15)28-23(25-22(20)27)13-7-6-10-16(19)23/h2-5,8-9,11-12,16,19-20H,6-7,10,13H2,1H3,(H,24,26)(H,25,27)/t16-,19-,20-,23-/m1/s1. The summed E-state index contributed by atoms with van der Waals surface area (Å²) in [5.74, 6) is -0.499. The average molecular weight is 376 g/mol. The summed E-state index contributed by atoms with van der Waals surface area (Å²) in [6, 6.07) is 15.5. The number of hydrogen-bond donors (Lipinski definition) is 2. The second-order valence-electron chi connectivity index (χ2n) is 8.18. The van der Waals surface area contributed by atoms with Crippen molar-refractivity contribution in [3.05, 3.63) is 59.7 Å². The lowest BCUT2D eigenvalue weighted by Gasteiger charge is -2.55. The Morgan fingerprint density at radius 2 is 1.93 bits per heavy atom. The first-order valence-electron chi connectivity index (χ1n) is 10.1. The molecule has 2 fully saturated rings. The summed E-state index contributed by atoms with van der Waals surface area (Å²) in [7, 11) is 0. The van der Waals surface area contributed by atoms with Gasteiger partial charge in [-0.2, -0.15) is 0 Å². The molecule has 5 rings (SSSR count). The molecule has 28 heavy (non-hydrogen) atoms. The fourth-order valence-corrected chi connectivity index (χ4v) is 5.28. The number of rotatable bonds is 2. The van der Waals surface area contributed by atoms with E-state index in [0.29, 0.717) is 0 Å². The molecule has 2 amide bonds. The topological polar surface area (TPSA) is 67.4 Å². The Labute approximate surface area is 164 Å². The van der Waals surface area contributed by atoms with Gasteiger partial charge in [0.05, 0.1) is 0 Å². The highest BCUT2D eigenvalue weighted by Gasteiger charge is 2.60. The lowest BCUT2D eigenvalue weighted by atomic mass is 9.62. The predicted molar refractivity (Wildman–Crippen MR) is 106 cm³/mol. The van der Waals surface area contributed by atoms with Crippen molar-refractivity contribution < 1.29 is 14.3 Å². The van der Waals surface area contributed by atoms with Crippen LogP contribution in [0, 0.1) is 18.8 Å². The molecular weight excluding hydrogens is 352 g/mol. The molecule has 1 saturated heterocycles. The Bertz CT molecular complexity index is 956. The molecule has 2 aliphatic heterocycles. The molecule has 1 saturated carbocycles. The third-order valence-electron chi connectivity index (χ3n) is 6.58. The highest BCUT2D eigenvalue weighted by atomic mass is 16.5. The van der Waals surface area contributed by atoms with E-state index in [2.05, 4.69) is 10.6 Å². The summed E-state index contributed by atoms with van der Waals surface area (Å²) >= 11 is 0. The third kappa shape index (κ3) is 2.53. The number of carbonyl (C=O) groups excluding carboxylic acids is 2. The summed E-state index contributed by atoms with van der Waals surface area (Å²) in [4.78, 5) is 26.4. The van der Waals surface area contributed by atoms with Crippen LogP contribution in [0.3, 0.4) is 0 Å². The van der Waals surface area contributed by atoms with Crippen molar-refractivity contribution in [2.45, 2.75) is 44.2 Å². The Morgan fingerprint density at radius 3 is 2.79 bits per heavy atom. The molecule has 0 unspecified atom stereocenters. The molecule has 5 heteroatoms. The Balaban J connectivity index is 1.57. The van der Waals surface area contributed by atoms with E-state index in [1.54, 1.807) is 0 Å². The molecule has 1 aliphatic carbocycles. The van der Waals surface area contributed by atoms with E-state index < -0.39 is 11.6 Å². The number of anilines is 1. The van der Waals surface area contributed by atoms with E-state index in [-0.39, 0.29) is 23.7 Å². The van der Waals surface area contributed by atoms with Crippen LogP contribution in [0.1, 0.15) is 42.7 Å². The molecule has 2 aromatic carbocycles. The molecule has 0 spiro atoms. The number of amides is 2. The van der Waals surface area contributed by atoms with E-state index in [4.69, 9.17) is 4.74 Å². The van der Waals surface area contributed by atoms with Crippen LogP contribution in [-0.2, 0) is 9.59 Å². The van der Waals surface area contributed by atoms with Crippen molar-refractivity contribution in [1.29, 1.82) is 0 Å². The van der Waals surface area contributed by atoms with Gasteiger partial charge in [0.15, 0.2) is 5.72 Å². The fourth-order valence-electron chi connectivity index (χ4n) is 5.28. The molecule has 2 N–H and O–H groups in total. The second-order valence-corrected chi connectivity index (χ2v) is 8.18. The summed E-state index contributed by atoms with van der Waals surface area (Å²) < 4.78 is 6.37. The maximum atomic E-state index is 13.3. The monoisotopic (exact) mass is 376 g/mol. The minimum absolute atomic E-state index is 0.112. The number of nitrogens with one attached hydrogen (secondary N) is 2. The van der Waals surface area contributed by atoms with Crippen molar-refractivity contribution in [3.63, 3.8) is 0 Å². The van der Waals surface area contributed by atoms with Crippen LogP contribution in [0.25, 0.3) is 0 Å². The van der Waals surface area contributed by atoms with Gasteiger partial charge in [-0.25, -0.2) is 0 Å². The van der Waals surface area contributed by atoms with Crippen molar-refractivity contribution in [2.75, 3.05) is 5.32 Å². The number of carbonyl (C=O) groups is 2. The number of para-hydroxylation sites is 2. The first kappa shape index (κ1) is 17.3. The van der Waals surface area contributed by atoms with E-state index >= 15 is 0 Å². The Hall–Kier alpha value is -2.82. The number of benzene rings is 2. The van der Waals surface area contributed by atoms with Crippen LogP contribution >= 0.6 is 0 Å². The lowest BCUT2D eigenvalue weighted by Crippen LogP contribution is -2.69. The van der Waals surface area contributed by atoms with Gasteiger partial charge in [0.2, 0.25) is 11.8 Å². The van der Waals surface area contributed by atoms with Gasteiger partial charge in [-0.1, -0.05) is 42.8 Å². The SMILES string of the molecule is Cc1ccccc1NC(=O)[C@@H]1C(=O)N[C@@]23CCCC[C@@H]2[C@H]1c1ccccc1O3. The molecule has 0 radical (unpaired) electrons. The van der Waals surface area contributed by atoms with Crippen molar-refractivity contribution in [3.8, 4) is 5.75 Å². The molecule has 2 bridgehead atoms. The zero-order valence-electron chi connectivity index (χ0n) is 15.9. The van der Waals surface area contributed by atoms with Gasteiger partial charge < -0.3 is 15.4 Å². The minimum atomic E-state index is -0.763. The van der Waals surface area contributed by atoms with E-state index in [0.717, 1.165) is 48.2 Å². The summed E-state index contributed by atoms with van der Waals surface area (Å²) in [6.07, 6.45) is 3.86. The van der Waals surface area contributed by atoms with Gasteiger partial charge in [-0.3, -0.25) is 9.59 Å². The zero-order chi connectivity index (χ0) is 19.3. The molecule has 0 aromatic heterocycles. The Kier molecular flexibility index (Phi) is 3.93. The van der Waals surface area contributed by atoms with Gasteiger partial charge in [0.25, 0.3) is 0 Å². The number of fused-ring (bicyclic) bond motifs is 2. The van der Waals surface area contributed by atoms with E-state index in [9.17, 15) is 9.59 Å². The third-order valence-corrected chi connectivity index (χ3v) is 6.58. The zero-order valence-corrected chi connectivity index (χ0v) is 15.9. The highest BCUT2D eigenvalue weighted by Crippen LogP contribution is 2.55. The molecule has 3 aliphatic rings. The largest absolute Gasteiger partial charge is 0.467 e. The maximum absolute atomic E-state index is 13.3. The van der Waals surface area contributed by atoms with Gasteiger partial charge >= 0.3 is 0 Å². The first-order chi connectivity index (χ1) is 13.6. The quantitative estimate of drug-likeness (QED) is 0.785. The van der Waals surface area contributed by atoms with Crippen molar-refractivity contribution in [1.82, 2.24) is 5.32 Å². The number of piperidine rings is 1. The number of hydrogen-bond acceptors (Lipinski definition) is 3. The van der Waals surface area contributed by atoms with Gasteiger partial charge in [0.1, 0.15) is 11.7 Å². The van der Waals surface area contributed by atoms with Gasteiger partial charge in [0, 0.05) is 23.9 Å². The van der Waals surface area contributed by atoms with E-state index in [1.807, 2.05) is 55.5 Å². The second kappa shape index (κ2) is 6.36. The molecule has 144 valence electrons. The van der Waals surface area contributed by atoms with Gasteiger partial charge in [-0.15, -0.1) is 0 Å². The van der Waals surface area contributed by atoms with Crippen molar-refractivity contribution >= 4 is 17.5 Å². The average Bonchev–Trinajstić information content (AvgIpc) is 2.68. The maximum Gasteiger partial charge on any atom is 0.237 e. The van der Waals surface area contributed by atoms with Gasteiger partial charge in [-0.05, 0) is 43.0 Å². The van der Waals surface area contributed by atoms with Crippen LogP contribution in [0.2, 0.25) is 0 Å². The molecule has 5 nitrogen and oxygen atoms in total. The lowest BCUT2D eigenvalue weighted by molar-refractivity contribution is -0.160. The Morgan fingerprint density at radius 1 is 1.14 bits per heavy atom. The molecule has 4 atom stereocenters.